The summed E-state index contributed by atoms with van der Waals surface area (Å²) in [4.78, 5) is 19.4. The Hall–Kier alpha value is -5.00. The first-order valence-electron chi connectivity index (χ1n) is 13.1. The fraction of sp³-hybridized carbons (Fsp3) is 0.241. The number of anilines is 1. The van der Waals surface area contributed by atoms with Crippen molar-refractivity contribution in [3.63, 3.8) is 0 Å². The first-order chi connectivity index (χ1) is 20.4. The van der Waals surface area contributed by atoms with Crippen LogP contribution in [0.2, 0.25) is 0 Å². The van der Waals surface area contributed by atoms with Gasteiger partial charge in [0.25, 0.3) is 5.91 Å². The molecule has 0 saturated heterocycles. The molecule has 4 aromatic rings. The van der Waals surface area contributed by atoms with Crippen molar-refractivity contribution in [3.8, 4) is 17.2 Å². The fourth-order valence-corrected chi connectivity index (χ4v) is 6.26. The number of hydrogen-bond acceptors (Lipinski definition) is 9. The zero-order chi connectivity index (χ0) is 30.8. The van der Waals surface area contributed by atoms with Gasteiger partial charge in [-0.25, -0.2) is 22.2 Å². The molecule has 14 heteroatoms. The largest absolute Gasteiger partial charge is 0.376 e. The Balaban J connectivity index is 1.42. The summed E-state index contributed by atoms with van der Waals surface area (Å²) < 4.78 is 45.6. The topological polar surface area (TPSA) is 164 Å². The molecule has 2 N–H and O–H groups in total. The van der Waals surface area contributed by atoms with E-state index in [1.165, 1.54) is 29.2 Å². The average Bonchev–Trinajstić information content (AvgIpc) is 3.64. The zero-order valence-electron chi connectivity index (χ0n) is 23.4. The van der Waals surface area contributed by atoms with E-state index in [1.54, 1.807) is 63.2 Å². The van der Waals surface area contributed by atoms with E-state index in [4.69, 9.17) is 4.84 Å². The normalized spacial score (nSPS) is 16.7. The molecule has 1 aliphatic heterocycles. The Kier molecular flexibility index (Phi) is 7.78. The number of halogens is 1. The standard InChI is InChI=1S/C29H27FN8O4S/c1-28(2,3)35-43(40,41)26-10-5-4-9-22(26)20-11-12-24(23(30)14-20)33-27(39)29(17-38-18-32-36-37-38)15-25(34-42-29)21-8-6-7-19(13-21)16-31/h4-14,18,35H,15,17H2,1-3H3,(H,33,39). The van der Waals surface area contributed by atoms with Gasteiger partial charge in [0, 0.05) is 23.1 Å². The molecule has 0 fully saturated rings. The van der Waals surface area contributed by atoms with Crippen LogP contribution in [0.4, 0.5) is 10.1 Å². The van der Waals surface area contributed by atoms with Gasteiger partial charge < -0.3 is 10.2 Å². The van der Waals surface area contributed by atoms with E-state index < -0.39 is 32.9 Å². The molecule has 3 aromatic carbocycles. The molecule has 0 saturated carbocycles. The number of benzene rings is 3. The number of tetrazole rings is 1. The summed E-state index contributed by atoms with van der Waals surface area (Å²) in [6, 6.07) is 19.0. The molecule has 5 rings (SSSR count). The Bertz CT molecular complexity index is 1860. The second-order valence-corrected chi connectivity index (χ2v) is 12.7. The van der Waals surface area contributed by atoms with Gasteiger partial charge in [0.05, 0.1) is 34.5 Å². The van der Waals surface area contributed by atoms with Crippen molar-refractivity contribution in [3.05, 3.63) is 90.0 Å². The third kappa shape index (κ3) is 6.42. The molecule has 0 bridgehead atoms. The van der Waals surface area contributed by atoms with Gasteiger partial charge in [-0.1, -0.05) is 41.6 Å². The van der Waals surface area contributed by atoms with Crippen LogP contribution in [-0.2, 0) is 26.2 Å². The van der Waals surface area contributed by atoms with E-state index in [-0.39, 0.29) is 23.5 Å². The maximum Gasteiger partial charge on any atom is 0.273 e. The highest BCUT2D eigenvalue weighted by Gasteiger charge is 2.48. The van der Waals surface area contributed by atoms with Crippen LogP contribution in [0.25, 0.3) is 11.1 Å². The van der Waals surface area contributed by atoms with Crippen molar-refractivity contribution in [2.45, 2.75) is 49.8 Å². The summed E-state index contributed by atoms with van der Waals surface area (Å²) in [5.74, 6) is -1.50. The van der Waals surface area contributed by atoms with Crippen LogP contribution in [0.3, 0.4) is 0 Å². The van der Waals surface area contributed by atoms with Crippen molar-refractivity contribution in [1.29, 1.82) is 5.26 Å². The quantitative estimate of drug-likeness (QED) is 0.309. The predicted octanol–water partition coefficient (Wildman–Crippen LogP) is 3.63. The monoisotopic (exact) mass is 602 g/mol. The molecule has 1 aliphatic rings. The zero-order valence-corrected chi connectivity index (χ0v) is 24.3. The number of carbonyl (C=O) groups is 1. The summed E-state index contributed by atoms with van der Waals surface area (Å²) in [5.41, 5.74) is -0.508. The van der Waals surface area contributed by atoms with Crippen LogP contribution in [0.5, 0.6) is 0 Å². The Morgan fingerprint density at radius 1 is 1.12 bits per heavy atom. The lowest BCUT2D eigenvalue weighted by Crippen LogP contribution is -2.47. The third-order valence-corrected chi connectivity index (χ3v) is 8.29. The van der Waals surface area contributed by atoms with E-state index in [1.807, 2.05) is 0 Å². The second kappa shape index (κ2) is 11.3. The number of sulfonamides is 1. The van der Waals surface area contributed by atoms with E-state index in [9.17, 15) is 18.5 Å². The molecule has 1 unspecified atom stereocenters. The van der Waals surface area contributed by atoms with Crippen LogP contribution in [0, 0.1) is 17.1 Å². The Morgan fingerprint density at radius 3 is 2.60 bits per heavy atom. The summed E-state index contributed by atoms with van der Waals surface area (Å²) in [6.45, 7) is 5.04. The van der Waals surface area contributed by atoms with Gasteiger partial charge in [0.15, 0.2) is 0 Å². The molecule has 2 heterocycles. The van der Waals surface area contributed by atoms with E-state index in [2.05, 4.69) is 36.8 Å². The molecule has 0 spiro atoms. The highest BCUT2D eigenvalue weighted by atomic mass is 32.2. The van der Waals surface area contributed by atoms with Gasteiger partial charge in [-0.2, -0.15) is 5.26 Å². The van der Waals surface area contributed by atoms with Crippen molar-refractivity contribution < 1.29 is 22.4 Å². The number of hydrogen-bond donors (Lipinski definition) is 2. The van der Waals surface area contributed by atoms with Crippen molar-refractivity contribution in [2.24, 2.45) is 5.16 Å². The number of rotatable bonds is 8. The Labute approximate surface area is 247 Å². The minimum absolute atomic E-state index is 0.00833. The lowest BCUT2D eigenvalue weighted by atomic mass is 9.92. The average molecular weight is 603 g/mol. The minimum atomic E-state index is -3.92. The maximum atomic E-state index is 15.5. The molecule has 0 aliphatic carbocycles. The summed E-state index contributed by atoms with van der Waals surface area (Å²) in [5, 5.41) is 27.0. The molecule has 1 aromatic heterocycles. The highest BCUT2D eigenvalue weighted by molar-refractivity contribution is 7.89. The molecule has 43 heavy (non-hydrogen) atoms. The van der Waals surface area contributed by atoms with Crippen molar-refractivity contribution in [2.75, 3.05) is 5.32 Å². The van der Waals surface area contributed by atoms with Crippen LogP contribution in [0.15, 0.2) is 83.1 Å². The smallest absolute Gasteiger partial charge is 0.273 e. The number of aromatic nitrogens is 4. The van der Waals surface area contributed by atoms with Crippen LogP contribution < -0.4 is 10.0 Å². The molecule has 0 radical (unpaired) electrons. The summed E-state index contributed by atoms with van der Waals surface area (Å²) in [6.07, 6.45) is 1.29. The number of nitrogens with zero attached hydrogens (tertiary/aromatic N) is 6. The first-order valence-corrected chi connectivity index (χ1v) is 14.6. The molecule has 1 amide bonds. The summed E-state index contributed by atoms with van der Waals surface area (Å²) in [7, 11) is -3.92. The van der Waals surface area contributed by atoms with Gasteiger partial charge in [0.1, 0.15) is 12.1 Å². The minimum Gasteiger partial charge on any atom is -0.376 e. The van der Waals surface area contributed by atoms with Gasteiger partial charge in [-0.3, -0.25) is 4.79 Å². The van der Waals surface area contributed by atoms with E-state index >= 15 is 4.39 Å². The summed E-state index contributed by atoms with van der Waals surface area (Å²) >= 11 is 0. The van der Waals surface area contributed by atoms with E-state index in [0.29, 0.717) is 28.0 Å². The molecular weight excluding hydrogens is 575 g/mol. The molecular formula is C29H27FN8O4S. The number of oxime groups is 1. The van der Waals surface area contributed by atoms with Crippen LogP contribution in [0.1, 0.15) is 38.3 Å². The second-order valence-electron chi connectivity index (χ2n) is 11.0. The Morgan fingerprint density at radius 2 is 1.91 bits per heavy atom. The van der Waals surface area contributed by atoms with Crippen molar-refractivity contribution >= 4 is 27.3 Å². The fourth-order valence-electron chi connectivity index (χ4n) is 4.61. The first kappa shape index (κ1) is 29.5. The maximum absolute atomic E-state index is 15.5. The number of amides is 1. The van der Waals surface area contributed by atoms with Gasteiger partial charge in [-0.15, -0.1) is 5.10 Å². The lowest BCUT2D eigenvalue weighted by Gasteiger charge is -2.25. The van der Waals surface area contributed by atoms with Crippen LogP contribution in [-0.4, -0.2) is 51.4 Å². The van der Waals surface area contributed by atoms with Crippen LogP contribution >= 0.6 is 0 Å². The lowest BCUT2D eigenvalue weighted by molar-refractivity contribution is -0.140. The molecule has 1 atom stereocenters. The highest BCUT2D eigenvalue weighted by Crippen LogP contribution is 2.33. The third-order valence-electron chi connectivity index (χ3n) is 6.48. The van der Waals surface area contributed by atoms with Gasteiger partial charge in [-0.05, 0) is 67.1 Å². The molecule has 12 nitrogen and oxygen atoms in total. The predicted molar refractivity (Wildman–Crippen MR) is 154 cm³/mol. The van der Waals surface area contributed by atoms with Crippen molar-refractivity contribution in [1.82, 2.24) is 24.9 Å². The number of nitrogens with one attached hydrogen (secondary N) is 2. The number of nitriles is 1. The SMILES string of the molecule is CC(C)(C)NS(=O)(=O)c1ccccc1-c1ccc(NC(=O)C2(Cn3cnnn3)CC(c3cccc(C#N)c3)=NO2)c(F)c1. The van der Waals surface area contributed by atoms with Gasteiger partial charge >= 0.3 is 0 Å². The van der Waals surface area contributed by atoms with Gasteiger partial charge in [0.2, 0.25) is 15.6 Å². The molecule has 220 valence electrons. The number of carbonyl (C=O) groups excluding carboxylic acids is 1. The van der Waals surface area contributed by atoms with E-state index in [0.717, 1.165) is 6.07 Å².